The number of carbonyl (C=O) groups excluding carboxylic acids is 3. The molecule has 31 heavy (non-hydrogen) atoms. The van der Waals surface area contributed by atoms with Crippen LogP contribution in [-0.4, -0.2) is 80.7 Å². The van der Waals surface area contributed by atoms with Crippen LogP contribution in [-0.2, 0) is 19.6 Å². The average Bonchev–Trinajstić information content (AvgIpc) is 2.90. The minimum Gasteiger partial charge on any atom is -0.495 e. The predicted molar refractivity (Wildman–Crippen MR) is 113 cm³/mol. The van der Waals surface area contributed by atoms with Crippen molar-refractivity contribution in [3.8, 4) is 5.75 Å². The van der Waals surface area contributed by atoms with Crippen molar-refractivity contribution in [3.05, 3.63) is 18.2 Å². The smallest absolute Gasteiger partial charge is 0.327 e. The normalized spacial score (nSPS) is 18.7. The number of urea groups is 1. The van der Waals surface area contributed by atoms with Gasteiger partial charge in [-0.2, -0.15) is 0 Å². The largest absolute Gasteiger partial charge is 0.495 e. The lowest BCUT2D eigenvalue weighted by Crippen LogP contribution is -2.49. The highest BCUT2D eigenvalue weighted by atomic mass is 32.2. The number of hydrogen-bond acceptors (Lipinski definition) is 6. The molecule has 1 aliphatic carbocycles. The Labute approximate surface area is 182 Å². The zero-order valence-electron chi connectivity index (χ0n) is 18.2. The summed E-state index contributed by atoms with van der Waals surface area (Å²) in [4.78, 5) is 40.9. The summed E-state index contributed by atoms with van der Waals surface area (Å²) >= 11 is 0. The van der Waals surface area contributed by atoms with Crippen LogP contribution in [0.15, 0.2) is 23.1 Å². The lowest BCUT2D eigenvalue weighted by molar-refractivity contribution is -0.136. The van der Waals surface area contributed by atoms with Crippen molar-refractivity contribution in [1.82, 2.24) is 14.1 Å². The Bertz CT molecular complexity index is 1000. The topological polar surface area (TPSA) is 116 Å². The van der Waals surface area contributed by atoms with Crippen molar-refractivity contribution in [2.24, 2.45) is 0 Å². The monoisotopic (exact) mass is 452 g/mol. The van der Waals surface area contributed by atoms with Gasteiger partial charge in [0.2, 0.25) is 15.9 Å². The zero-order chi connectivity index (χ0) is 23.0. The summed E-state index contributed by atoms with van der Waals surface area (Å²) in [5.74, 6) is -0.725. The van der Waals surface area contributed by atoms with Gasteiger partial charge < -0.3 is 15.0 Å². The van der Waals surface area contributed by atoms with E-state index < -0.39 is 34.0 Å². The standard InChI is InChI=1S/C20H28N4O6S/c1-22(2)31(28,29)14-8-9-16(30-4)15(12-14)21-17(25)13-24-18(26)20(23(3)19(24)27)10-6-5-7-11-20/h8-9,12H,5-7,10-11,13H2,1-4H3,(H,21,25). The Balaban J connectivity index is 1.81. The zero-order valence-corrected chi connectivity index (χ0v) is 19.0. The molecule has 1 spiro atoms. The maximum atomic E-state index is 13.0. The van der Waals surface area contributed by atoms with Gasteiger partial charge in [0.1, 0.15) is 17.8 Å². The van der Waals surface area contributed by atoms with Gasteiger partial charge in [0, 0.05) is 21.1 Å². The lowest BCUT2D eigenvalue weighted by atomic mass is 9.81. The molecule has 3 rings (SSSR count). The maximum Gasteiger partial charge on any atom is 0.327 e. The van der Waals surface area contributed by atoms with E-state index in [1.807, 2.05) is 0 Å². The van der Waals surface area contributed by atoms with E-state index in [0.717, 1.165) is 28.5 Å². The second-order valence-electron chi connectivity index (χ2n) is 8.02. The Morgan fingerprint density at radius 2 is 1.84 bits per heavy atom. The number of carbonyl (C=O) groups is 3. The molecule has 1 saturated heterocycles. The summed E-state index contributed by atoms with van der Waals surface area (Å²) < 4.78 is 31.1. The number of sulfonamides is 1. The van der Waals surface area contributed by atoms with Gasteiger partial charge in [0.25, 0.3) is 5.91 Å². The van der Waals surface area contributed by atoms with Crippen molar-refractivity contribution in [2.75, 3.05) is 40.1 Å². The fourth-order valence-electron chi connectivity index (χ4n) is 4.16. The molecule has 0 bridgehead atoms. The van der Waals surface area contributed by atoms with E-state index in [1.165, 1.54) is 44.3 Å². The highest BCUT2D eigenvalue weighted by Gasteiger charge is 2.55. The van der Waals surface area contributed by atoms with Crippen molar-refractivity contribution in [1.29, 1.82) is 0 Å². The van der Waals surface area contributed by atoms with E-state index in [9.17, 15) is 22.8 Å². The van der Waals surface area contributed by atoms with Gasteiger partial charge in [0.05, 0.1) is 17.7 Å². The molecule has 2 fully saturated rings. The fourth-order valence-corrected chi connectivity index (χ4v) is 5.09. The van der Waals surface area contributed by atoms with E-state index in [4.69, 9.17) is 4.74 Å². The van der Waals surface area contributed by atoms with E-state index in [1.54, 1.807) is 7.05 Å². The van der Waals surface area contributed by atoms with Crippen LogP contribution < -0.4 is 10.1 Å². The third-order valence-electron chi connectivity index (χ3n) is 6.01. The summed E-state index contributed by atoms with van der Waals surface area (Å²) in [5, 5.41) is 2.58. The summed E-state index contributed by atoms with van der Waals surface area (Å²) in [5.41, 5.74) is -0.734. The Morgan fingerprint density at radius 1 is 1.19 bits per heavy atom. The van der Waals surface area contributed by atoms with Gasteiger partial charge in [-0.05, 0) is 31.0 Å². The minimum absolute atomic E-state index is 0.0252. The number of ether oxygens (including phenoxy) is 1. The van der Waals surface area contributed by atoms with Crippen molar-refractivity contribution >= 4 is 33.6 Å². The third-order valence-corrected chi connectivity index (χ3v) is 7.82. The summed E-state index contributed by atoms with van der Waals surface area (Å²) in [6, 6.07) is 3.59. The number of nitrogens with zero attached hydrogens (tertiary/aromatic N) is 3. The van der Waals surface area contributed by atoms with Crippen LogP contribution in [0.3, 0.4) is 0 Å². The molecule has 0 aromatic heterocycles. The number of amides is 4. The maximum absolute atomic E-state index is 13.0. The van der Waals surface area contributed by atoms with Gasteiger partial charge in [-0.15, -0.1) is 0 Å². The van der Waals surface area contributed by atoms with Gasteiger partial charge in [-0.25, -0.2) is 17.5 Å². The van der Waals surface area contributed by atoms with Gasteiger partial charge >= 0.3 is 6.03 Å². The summed E-state index contributed by atoms with van der Waals surface area (Å²) in [6.07, 6.45) is 3.90. The second-order valence-corrected chi connectivity index (χ2v) is 10.2. The first-order valence-electron chi connectivity index (χ1n) is 10.0. The molecule has 1 saturated carbocycles. The van der Waals surface area contributed by atoms with Crippen LogP contribution in [0.25, 0.3) is 0 Å². The van der Waals surface area contributed by atoms with Gasteiger partial charge in [0.15, 0.2) is 0 Å². The van der Waals surface area contributed by atoms with Crippen LogP contribution in [0, 0.1) is 0 Å². The Hall–Kier alpha value is -2.66. The summed E-state index contributed by atoms with van der Waals surface area (Å²) in [6.45, 7) is -0.461. The average molecular weight is 453 g/mol. The van der Waals surface area contributed by atoms with E-state index >= 15 is 0 Å². The molecule has 0 atom stereocenters. The van der Waals surface area contributed by atoms with Crippen LogP contribution in [0.2, 0.25) is 0 Å². The third kappa shape index (κ3) is 3.99. The highest BCUT2D eigenvalue weighted by Crippen LogP contribution is 2.39. The Morgan fingerprint density at radius 3 is 2.42 bits per heavy atom. The van der Waals surface area contributed by atoms with Gasteiger partial charge in [-0.3, -0.25) is 14.5 Å². The quantitative estimate of drug-likeness (QED) is 0.654. The molecule has 4 amide bonds. The molecule has 170 valence electrons. The molecule has 1 aromatic rings. The molecule has 10 nitrogen and oxygen atoms in total. The number of rotatable bonds is 6. The number of nitrogens with one attached hydrogen (secondary N) is 1. The number of hydrogen-bond donors (Lipinski definition) is 1. The van der Waals surface area contributed by atoms with Gasteiger partial charge in [-0.1, -0.05) is 19.3 Å². The minimum atomic E-state index is -3.72. The first-order chi connectivity index (χ1) is 14.5. The highest BCUT2D eigenvalue weighted by molar-refractivity contribution is 7.89. The fraction of sp³-hybridized carbons (Fsp3) is 0.550. The molecule has 0 unspecified atom stereocenters. The predicted octanol–water partition coefficient (Wildman–Crippen LogP) is 1.48. The molecule has 1 aliphatic heterocycles. The first-order valence-corrected chi connectivity index (χ1v) is 11.5. The number of benzene rings is 1. The molecule has 11 heteroatoms. The van der Waals surface area contributed by atoms with Crippen LogP contribution in [0.1, 0.15) is 32.1 Å². The van der Waals surface area contributed by atoms with Crippen LogP contribution in [0.5, 0.6) is 5.75 Å². The van der Waals surface area contributed by atoms with Crippen LogP contribution in [0.4, 0.5) is 10.5 Å². The van der Waals surface area contributed by atoms with E-state index in [-0.39, 0.29) is 22.2 Å². The van der Waals surface area contributed by atoms with Crippen LogP contribution >= 0.6 is 0 Å². The number of anilines is 1. The van der Waals surface area contributed by atoms with Crippen molar-refractivity contribution in [2.45, 2.75) is 42.5 Å². The molecular formula is C20H28N4O6S. The molecule has 2 aliphatic rings. The second kappa shape index (κ2) is 8.46. The van der Waals surface area contributed by atoms with E-state index in [0.29, 0.717) is 12.8 Å². The lowest BCUT2D eigenvalue weighted by Gasteiger charge is -2.35. The van der Waals surface area contributed by atoms with E-state index in [2.05, 4.69) is 5.32 Å². The molecule has 1 aromatic carbocycles. The molecule has 1 heterocycles. The molecule has 0 radical (unpaired) electrons. The SMILES string of the molecule is COc1ccc(S(=O)(=O)N(C)C)cc1NC(=O)CN1C(=O)N(C)C2(CCCCC2)C1=O. The molecule has 1 N–H and O–H groups in total. The number of likely N-dealkylation sites (N-methyl/N-ethyl adjacent to an activating group) is 1. The summed E-state index contributed by atoms with van der Waals surface area (Å²) in [7, 11) is 2.07. The Kier molecular flexibility index (Phi) is 6.28. The van der Waals surface area contributed by atoms with Crippen molar-refractivity contribution < 1.29 is 27.5 Å². The molecular weight excluding hydrogens is 424 g/mol. The van der Waals surface area contributed by atoms with Crippen molar-refractivity contribution in [3.63, 3.8) is 0 Å². The number of methoxy groups -OCH3 is 1. The number of imide groups is 1. The first kappa shape index (κ1) is 23.0.